The zero-order chi connectivity index (χ0) is 16.8. The molecule has 2 aromatic carbocycles. The van der Waals surface area contributed by atoms with E-state index in [1.807, 2.05) is 30.3 Å². The van der Waals surface area contributed by atoms with E-state index in [-0.39, 0.29) is 17.9 Å². The van der Waals surface area contributed by atoms with E-state index in [1.54, 1.807) is 0 Å². The molecule has 1 amide bonds. The fourth-order valence-electron chi connectivity index (χ4n) is 3.24. The first-order chi connectivity index (χ1) is 11.7. The van der Waals surface area contributed by atoms with Gasteiger partial charge < -0.3 is 15.8 Å². The number of amides is 1. The molecule has 3 N–H and O–H groups in total. The van der Waals surface area contributed by atoms with E-state index in [0.717, 1.165) is 37.1 Å². The Hall–Kier alpha value is -2.33. The molecule has 1 aliphatic carbocycles. The Morgan fingerprint density at radius 3 is 2.50 bits per heavy atom. The molecule has 2 unspecified atom stereocenters. The van der Waals surface area contributed by atoms with Crippen molar-refractivity contribution in [3.63, 3.8) is 0 Å². The Balaban J connectivity index is 1.48. The lowest BCUT2D eigenvalue weighted by Gasteiger charge is -2.18. The summed E-state index contributed by atoms with van der Waals surface area (Å²) in [6.07, 6.45) is 2.99. The topological polar surface area (TPSA) is 64.4 Å². The Morgan fingerprint density at radius 2 is 1.79 bits per heavy atom. The lowest BCUT2D eigenvalue weighted by Crippen LogP contribution is -2.38. The molecule has 2 atom stereocenters. The van der Waals surface area contributed by atoms with Gasteiger partial charge in [0.1, 0.15) is 12.4 Å². The van der Waals surface area contributed by atoms with E-state index in [2.05, 4.69) is 29.6 Å². The quantitative estimate of drug-likeness (QED) is 0.823. The maximum atomic E-state index is 11.4. The van der Waals surface area contributed by atoms with Gasteiger partial charge in [0.2, 0.25) is 5.91 Å². The third kappa shape index (κ3) is 4.36. The zero-order valence-corrected chi connectivity index (χ0v) is 13.8. The van der Waals surface area contributed by atoms with Crippen molar-refractivity contribution < 1.29 is 9.53 Å². The van der Waals surface area contributed by atoms with Crippen LogP contribution >= 0.6 is 0 Å². The molecule has 24 heavy (non-hydrogen) atoms. The summed E-state index contributed by atoms with van der Waals surface area (Å²) in [5.41, 5.74) is 7.80. The monoisotopic (exact) mass is 324 g/mol. The molecule has 0 aliphatic heterocycles. The van der Waals surface area contributed by atoms with Crippen molar-refractivity contribution in [2.45, 2.75) is 38.5 Å². The van der Waals surface area contributed by atoms with Crippen molar-refractivity contribution in [1.29, 1.82) is 0 Å². The molecule has 3 rings (SSSR count). The first kappa shape index (κ1) is 16.5. The van der Waals surface area contributed by atoms with Crippen LogP contribution in [0.25, 0.3) is 0 Å². The molecule has 0 radical (unpaired) electrons. The number of ether oxygens (including phenoxy) is 1. The normalized spacial score (nSPS) is 20.0. The Kier molecular flexibility index (Phi) is 5.49. The van der Waals surface area contributed by atoms with Gasteiger partial charge in [0, 0.05) is 12.6 Å². The molecule has 0 bridgehead atoms. The third-order valence-electron chi connectivity index (χ3n) is 4.62. The highest BCUT2D eigenvalue weighted by Crippen LogP contribution is 2.25. The number of nitrogens with two attached hydrogens (primary N) is 1. The second kappa shape index (κ2) is 7.97. The molecule has 1 aliphatic rings. The van der Waals surface area contributed by atoms with Crippen LogP contribution < -0.4 is 15.8 Å². The zero-order valence-electron chi connectivity index (χ0n) is 13.8. The van der Waals surface area contributed by atoms with E-state index in [9.17, 15) is 4.79 Å². The van der Waals surface area contributed by atoms with Crippen LogP contribution in [0.3, 0.4) is 0 Å². The second-order valence-corrected chi connectivity index (χ2v) is 6.35. The molecule has 1 saturated carbocycles. The highest BCUT2D eigenvalue weighted by molar-refractivity contribution is 5.77. The largest absolute Gasteiger partial charge is 0.489 e. The van der Waals surface area contributed by atoms with E-state index < -0.39 is 0 Å². The van der Waals surface area contributed by atoms with Crippen LogP contribution in [0.1, 0.15) is 30.4 Å². The van der Waals surface area contributed by atoms with Gasteiger partial charge in [0.25, 0.3) is 0 Å². The molecule has 126 valence electrons. The average Bonchev–Trinajstić information content (AvgIpc) is 3.09. The lowest BCUT2D eigenvalue weighted by atomic mass is 10.0. The van der Waals surface area contributed by atoms with Gasteiger partial charge in [-0.3, -0.25) is 4.79 Å². The molecule has 2 aromatic rings. The summed E-state index contributed by atoms with van der Waals surface area (Å²) in [6, 6.07) is 18.4. The summed E-state index contributed by atoms with van der Waals surface area (Å²) in [5, 5.41) is 3.46. The summed E-state index contributed by atoms with van der Waals surface area (Å²) in [7, 11) is 0. The molecule has 1 fully saturated rings. The summed E-state index contributed by atoms with van der Waals surface area (Å²) in [5.74, 6) is 0.645. The van der Waals surface area contributed by atoms with Crippen LogP contribution in [0.4, 0.5) is 0 Å². The number of hydrogen-bond acceptors (Lipinski definition) is 3. The van der Waals surface area contributed by atoms with Crippen LogP contribution in [-0.4, -0.2) is 11.9 Å². The first-order valence-electron chi connectivity index (χ1n) is 8.51. The van der Waals surface area contributed by atoms with Crippen LogP contribution in [-0.2, 0) is 17.9 Å². The van der Waals surface area contributed by atoms with Crippen LogP contribution in [0, 0.1) is 5.92 Å². The van der Waals surface area contributed by atoms with Gasteiger partial charge in [-0.2, -0.15) is 0 Å². The number of benzene rings is 2. The van der Waals surface area contributed by atoms with E-state index in [4.69, 9.17) is 10.5 Å². The lowest BCUT2D eigenvalue weighted by molar-refractivity contribution is -0.122. The number of nitrogens with one attached hydrogen (secondary N) is 1. The fraction of sp³-hybridized carbons (Fsp3) is 0.350. The molecule has 4 heteroatoms. The standard InChI is InChI=1S/C20H24N2O2/c21-20(23)18-7-4-8-19(18)22-13-15-9-11-17(12-10-15)24-14-16-5-2-1-3-6-16/h1-3,5-6,9-12,18-19,22H,4,7-8,13-14H2,(H2,21,23). The highest BCUT2D eigenvalue weighted by atomic mass is 16.5. The van der Waals surface area contributed by atoms with Crippen molar-refractivity contribution in [3.05, 3.63) is 65.7 Å². The van der Waals surface area contributed by atoms with E-state index >= 15 is 0 Å². The summed E-state index contributed by atoms with van der Waals surface area (Å²) in [4.78, 5) is 11.4. The maximum Gasteiger partial charge on any atom is 0.222 e. The average molecular weight is 324 g/mol. The predicted octanol–water partition coefficient (Wildman–Crippen LogP) is 3.01. The highest BCUT2D eigenvalue weighted by Gasteiger charge is 2.30. The van der Waals surface area contributed by atoms with Gasteiger partial charge >= 0.3 is 0 Å². The van der Waals surface area contributed by atoms with Gasteiger partial charge in [-0.1, -0.05) is 48.9 Å². The van der Waals surface area contributed by atoms with Gasteiger partial charge in [-0.25, -0.2) is 0 Å². The van der Waals surface area contributed by atoms with E-state index in [0.29, 0.717) is 6.61 Å². The number of carbonyl (C=O) groups is 1. The third-order valence-corrected chi connectivity index (χ3v) is 4.62. The molecule has 0 saturated heterocycles. The molecular weight excluding hydrogens is 300 g/mol. The number of rotatable bonds is 7. The molecule has 4 nitrogen and oxygen atoms in total. The van der Waals surface area contributed by atoms with Gasteiger partial charge in [-0.05, 0) is 36.1 Å². The van der Waals surface area contributed by atoms with Gasteiger partial charge in [-0.15, -0.1) is 0 Å². The molecule has 0 aromatic heterocycles. The number of hydrogen-bond donors (Lipinski definition) is 2. The summed E-state index contributed by atoms with van der Waals surface area (Å²) < 4.78 is 5.79. The Morgan fingerprint density at radius 1 is 1.04 bits per heavy atom. The van der Waals surface area contributed by atoms with E-state index in [1.165, 1.54) is 5.56 Å². The van der Waals surface area contributed by atoms with Gasteiger partial charge in [0.15, 0.2) is 0 Å². The van der Waals surface area contributed by atoms with Crippen molar-refractivity contribution in [3.8, 4) is 5.75 Å². The Bertz CT molecular complexity index is 655. The minimum absolute atomic E-state index is 0.0292. The van der Waals surface area contributed by atoms with Crippen molar-refractivity contribution in [2.24, 2.45) is 11.7 Å². The van der Waals surface area contributed by atoms with Crippen molar-refractivity contribution in [1.82, 2.24) is 5.32 Å². The number of carbonyl (C=O) groups excluding carboxylic acids is 1. The Labute approximate surface area is 143 Å². The van der Waals surface area contributed by atoms with Gasteiger partial charge in [0.05, 0.1) is 5.92 Å². The predicted molar refractivity (Wildman–Crippen MR) is 94.4 cm³/mol. The summed E-state index contributed by atoms with van der Waals surface area (Å²) in [6.45, 7) is 1.31. The van der Waals surface area contributed by atoms with Crippen LogP contribution in [0.15, 0.2) is 54.6 Å². The van der Waals surface area contributed by atoms with Crippen molar-refractivity contribution in [2.75, 3.05) is 0 Å². The van der Waals surface area contributed by atoms with Crippen LogP contribution in [0.5, 0.6) is 5.75 Å². The minimum atomic E-state index is -0.186. The molecule has 0 heterocycles. The molecular formula is C20H24N2O2. The fourth-order valence-corrected chi connectivity index (χ4v) is 3.24. The smallest absolute Gasteiger partial charge is 0.222 e. The van der Waals surface area contributed by atoms with Crippen molar-refractivity contribution >= 4 is 5.91 Å². The maximum absolute atomic E-state index is 11.4. The molecule has 0 spiro atoms. The summed E-state index contributed by atoms with van der Waals surface area (Å²) >= 11 is 0. The minimum Gasteiger partial charge on any atom is -0.489 e. The van der Waals surface area contributed by atoms with Crippen LogP contribution in [0.2, 0.25) is 0 Å². The first-order valence-corrected chi connectivity index (χ1v) is 8.51. The SMILES string of the molecule is NC(=O)C1CCCC1NCc1ccc(OCc2ccccc2)cc1. The second-order valence-electron chi connectivity index (χ2n) is 6.35. The number of primary amides is 1.